The molecule has 1 aliphatic heterocycles. The van der Waals surface area contributed by atoms with E-state index in [4.69, 9.17) is 21.6 Å². The van der Waals surface area contributed by atoms with Crippen LogP contribution in [-0.4, -0.2) is 18.6 Å². The molecule has 1 aliphatic rings. The molecule has 0 N–H and O–H groups in total. The van der Waals surface area contributed by atoms with Crippen molar-refractivity contribution in [2.45, 2.75) is 6.10 Å². The fourth-order valence-corrected chi connectivity index (χ4v) is 0.905. The molecule has 3 heteroatoms. The van der Waals surface area contributed by atoms with Gasteiger partial charge in [-0.25, -0.2) is 0 Å². The molecular formula is C5H6ClNO. The van der Waals surface area contributed by atoms with E-state index in [1.807, 2.05) is 0 Å². The Morgan fingerprint density at radius 3 is 2.75 bits per heavy atom. The van der Waals surface area contributed by atoms with Crippen LogP contribution in [0.15, 0.2) is 0 Å². The third kappa shape index (κ3) is 0.795. The first-order valence-corrected chi connectivity index (χ1v) is 2.99. The average Bonchev–Trinajstić information content (AvgIpc) is 1.66. The normalized spacial score (nSPS) is 35.5. The van der Waals surface area contributed by atoms with E-state index in [9.17, 15) is 0 Å². The van der Waals surface area contributed by atoms with E-state index in [0.29, 0.717) is 12.5 Å². The summed E-state index contributed by atoms with van der Waals surface area (Å²) in [5, 5.41) is 8.30. The third-order valence-corrected chi connectivity index (χ3v) is 1.56. The maximum absolute atomic E-state index is 8.30. The second-order valence-electron chi connectivity index (χ2n) is 1.76. The second-order valence-corrected chi connectivity index (χ2v) is 2.07. The molecule has 44 valence electrons. The average molecular weight is 132 g/mol. The van der Waals surface area contributed by atoms with Gasteiger partial charge in [0.2, 0.25) is 0 Å². The number of nitrogens with zero attached hydrogens (tertiary/aromatic N) is 1. The van der Waals surface area contributed by atoms with Crippen molar-refractivity contribution in [2.75, 3.05) is 12.5 Å². The van der Waals surface area contributed by atoms with Crippen molar-refractivity contribution in [2.24, 2.45) is 5.92 Å². The van der Waals surface area contributed by atoms with Gasteiger partial charge in [0.05, 0.1) is 30.6 Å². The number of ether oxygens (including phenoxy) is 1. The lowest BCUT2D eigenvalue weighted by Gasteiger charge is -2.29. The molecule has 2 atom stereocenters. The molecule has 0 radical (unpaired) electrons. The topological polar surface area (TPSA) is 33.0 Å². The molecular weight excluding hydrogens is 126 g/mol. The quantitative estimate of drug-likeness (QED) is 0.493. The van der Waals surface area contributed by atoms with E-state index in [1.165, 1.54) is 0 Å². The van der Waals surface area contributed by atoms with Gasteiger partial charge in [-0.15, -0.1) is 11.6 Å². The van der Waals surface area contributed by atoms with Crippen molar-refractivity contribution in [1.29, 1.82) is 5.26 Å². The van der Waals surface area contributed by atoms with Crippen molar-refractivity contribution in [3.05, 3.63) is 0 Å². The van der Waals surface area contributed by atoms with E-state index < -0.39 is 0 Å². The summed E-state index contributed by atoms with van der Waals surface area (Å²) in [7, 11) is 0. The fourth-order valence-electron chi connectivity index (χ4n) is 0.601. The van der Waals surface area contributed by atoms with Crippen LogP contribution in [0.25, 0.3) is 0 Å². The van der Waals surface area contributed by atoms with Gasteiger partial charge in [-0.05, 0) is 0 Å². The van der Waals surface area contributed by atoms with Crippen molar-refractivity contribution in [3.63, 3.8) is 0 Å². The molecule has 2 nitrogen and oxygen atoms in total. The molecule has 0 aromatic carbocycles. The van der Waals surface area contributed by atoms with Crippen LogP contribution in [0.5, 0.6) is 0 Å². The van der Waals surface area contributed by atoms with Gasteiger partial charge in [-0.3, -0.25) is 0 Å². The molecule has 8 heavy (non-hydrogen) atoms. The van der Waals surface area contributed by atoms with Crippen LogP contribution < -0.4 is 0 Å². The molecule has 1 heterocycles. The first-order valence-electron chi connectivity index (χ1n) is 2.45. The summed E-state index contributed by atoms with van der Waals surface area (Å²) in [6.07, 6.45) is 0.00154. The number of alkyl halides is 1. The summed E-state index contributed by atoms with van der Waals surface area (Å²) in [4.78, 5) is 0. The van der Waals surface area contributed by atoms with E-state index >= 15 is 0 Å². The summed E-state index contributed by atoms with van der Waals surface area (Å²) in [6.45, 7) is 0.563. The first-order chi connectivity index (χ1) is 3.88. The molecule has 0 bridgehead atoms. The molecule has 0 aromatic heterocycles. The Morgan fingerprint density at radius 1 is 1.88 bits per heavy atom. The van der Waals surface area contributed by atoms with Crippen LogP contribution in [0.1, 0.15) is 0 Å². The molecule has 0 aromatic rings. The highest BCUT2D eigenvalue weighted by Crippen LogP contribution is 2.19. The smallest absolute Gasteiger partial charge is 0.0970 e. The second kappa shape index (κ2) is 2.34. The molecule has 0 spiro atoms. The Labute approximate surface area is 53.0 Å². The minimum Gasteiger partial charge on any atom is -0.374 e. The lowest BCUT2D eigenvalue weighted by molar-refractivity contribution is -0.0745. The monoisotopic (exact) mass is 131 g/mol. The van der Waals surface area contributed by atoms with E-state index in [0.717, 1.165) is 0 Å². The van der Waals surface area contributed by atoms with Crippen molar-refractivity contribution >= 4 is 11.6 Å². The summed E-state index contributed by atoms with van der Waals surface area (Å²) >= 11 is 5.40. The maximum atomic E-state index is 8.30. The number of hydrogen-bond donors (Lipinski definition) is 0. The van der Waals surface area contributed by atoms with Gasteiger partial charge >= 0.3 is 0 Å². The van der Waals surface area contributed by atoms with Crippen molar-refractivity contribution in [3.8, 4) is 6.07 Å². The molecule has 1 saturated heterocycles. The Hall–Kier alpha value is -0.260. The van der Waals surface area contributed by atoms with Gasteiger partial charge < -0.3 is 4.74 Å². The number of rotatable bonds is 1. The van der Waals surface area contributed by atoms with Crippen molar-refractivity contribution in [1.82, 2.24) is 0 Å². The highest BCUT2D eigenvalue weighted by Gasteiger charge is 2.30. The summed E-state index contributed by atoms with van der Waals surface area (Å²) < 4.78 is 4.93. The third-order valence-electron chi connectivity index (χ3n) is 1.26. The van der Waals surface area contributed by atoms with Gasteiger partial charge in [-0.1, -0.05) is 0 Å². The predicted molar refractivity (Wildman–Crippen MR) is 29.6 cm³/mol. The van der Waals surface area contributed by atoms with Crippen LogP contribution in [0.4, 0.5) is 0 Å². The van der Waals surface area contributed by atoms with Crippen LogP contribution in [-0.2, 0) is 4.74 Å². The Kier molecular flexibility index (Phi) is 1.72. The number of hydrogen-bond acceptors (Lipinski definition) is 2. The molecule has 2 unspecified atom stereocenters. The Balaban J connectivity index is 2.29. The van der Waals surface area contributed by atoms with Gasteiger partial charge in [0.25, 0.3) is 0 Å². The predicted octanol–water partition coefficient (Wildman–Crippen LogP) is 0.764. The van der Waals surface area contributed by atoms with Gasteiger partial charge in [0.15, 0.2) is 0 Å². The minimum absolute atomic E-state index is 0.00154. The van der Waals surface area contributed by atoms with Gasteiger partial charge in [-0.2, -0.15) is 5.26 Å². The Bertz CT molecular complexity index is 118. The number of nitriles is 1. The van der Waals surface area contributed by atoms with Crippen LogP contribution in [0.2, 0.25) is 0 Å². The highest BCUT2D eigenvalue weighted by molar-refractivity contribution is 6.18. The zero-order valence-electron chi connectivity index (χ0n) is 4.30. The fraction of sp³-hybridized carbons (Fsp3) is 0.800. The summed E-state index contributed by atoms with van der Waals surface area (Å²) in [5.41, 5.74) is 0. The molecule has 0 saturated carbocycles. The van der Waals surface area contributed by atoms with Crippen LogP contribution >= 0.6 is 11.6 Å². The van der Waals surface area contributed by atoms with E-state index in [2.05, 4.69) is 6.07 Å². The summed E-state index contributed by atoms with van der Waals surface area (Å²) in [5.74, 6) is 0.491. The van der Waals surface area contributed by atoms with E-state index in [-0.39, 0.29) is 12.0 Å². The lowest BCUT2D eigenvalue weighted by atomic mass is 10.0. The zero-order chi connectivity index (χ0) is 5.98. The SMILES string of the molecule is N#CC1COC1CCl. The standard InChI is InChI=1S/C5H6ClNO/c6-1-5-4(2-7)3-8-5/h4-5H,1,3H2. The molecule has 1 fully saturated rings. The molecule has 0 amide bonds. The highest BCUT2D eigenvalue weighted by atomic mass is 35.5. The maximum Gasteiger partial charge on any atom is 0.0970 e. The van der Waals surface area contributed by atoms with Gasteiger partial charge in [0, 0.05) is 0 Å². The zero-order valence-corrected chi connectivity index (χ0v) is 5.06. The molecule has 0 aliphatic carbocycles. The summed E-state index contributed by atoms with van der Waals surface area (Å²) in [6, 6.07) is 2.09. The lowest BCUT2D eigenvalue weighted by Crippen LogP contribution is -2.39. The molecule has 1 rings (SSSR count). The minimum atomic E-state index is 0.00154. The van der Waals surface area contributed by atoms with Crippen LogP contribution in [0, 0.1) is 17.2 Å². The largest absolute Gasteiger partial charge is 0.374 e. The van der Waals surface area contributed by atoms with Crippen LogP contribution in [0.3, 0.4) is 0 Å². The van der Waals surface area contributed by atoms with Crippen molar-refractivity contribution < 1.29 is 4.74 Å². The Morgan fingerprint density at radius 2 is 2.62 bits per heavy atom. The number of halogens is 1. The van der Waals surface area contributed by atoms with Gasteiger partial charge in [0.1, 0.15) is 0 Å². The van der Waals surface area contributed by atoms with E-state index in [1.54, 1.807) is 0 Å². The first kappa shape index (κ1) is 5.87.